The van der Waals surface area contributed by atoms with Crippen LogP contribution >= 0.6 is 0 Å². The second kappa shape index (κ2) is 5.47. The largest absolute Gasteiger partial charge is 0.494 e. The first-order valence-corrected chi connectivity index (χ1v) is 6.04. The second-order valence-corrected chi connectivity index (χ2v) is 4.63. The highest BCUT2D eigenvalue weighted by atomic mass is 19.1. The first-order valence-electron chi connectivity index (χ1n) is 6.04. The molecule has 1 aliphatic carbocycles. The molecule has 0 amide bonds. The monoisotopic (exact) mass is 238 g/mol. The van der Waals surface area contributed by atoms with E-state index < -0.39 is 0 Å². The third-order valence-corrected chi connectivity index (χ3v) is 3.34. The van der Waals surface area contributed by atoms with E-state index in [0.29, 0.717) is 0 Å². The van der Waals surface area contributed by atoms with Gasteiger partial charge >= 0.3 is 0 Å². The molecule has 0 aliphatic heterocycles. The van der Waals surface area contributed by atoms with Gasteiger partial charge in [-0.2, -0.15) is 0 Å². The molecule has 1 fully saturated rings. The third-order valence-electron chi connectivity index (χ3n) is 3.34. The number of ether oxygens (including phenoxy) is 1. The Morgan fingerprint density at radius 1 is 1.53 bits per heavy atom. The van der Waals surface area contributed by atoms with Gasteiger partial charge in [-0.3, -0.25) is 11.3 Å². The molecule has 94 valence electrons. The lowest BCUT2D eigenvalue weighted by atomic mass is 10.0. The molecule has 1 aromatic rings. The van der Waals surface area contributed by atoms with Gasteiger partial charge in [-0.1, -0.05) is 18.9 Å². The zero-order chi connectivity index (χ0) is 12.3. The Bertz CT molecular complexity index is 380. The summed E-state index contributed by atoms with van der Waals surface area (Å²) in [5.41, 5.74) is 3.64. The number of nitrogens with one attached hydrogen (secondary N) is 1. The van der Waals surface area contributed by atoms with Gasteiger partial charge in [0, 0.05) is 6.04 Å². The highest BCUT2D eigenvalue weighted by molar-refractivity contribution is 5.31. The van der Waals surface area contributed by atoms with Crippen molar-refractivity contribution in [3.8, 4) is 5.75 Å². The van der Waals surface area contributed by atoms with E-state index in [-0.39, 0.29) is 17.6 Å². The maximum Gasteiger partial charge on any atom is 0.165 e. The van der Waals surface area contributed by atoms with Crippen molar-refractivity contribution in [2.45, 2.75) is 31.7 Å². The summed E-state index contributed by atoms with van der Waals surface area (Å²) in [7, 11) is 1.46. The van der Waals surface area contributed by atoms with Gasteiger partial charge in [0.1, 0.15) is 0 Å². The molecule has 2 rings (SSSR count). The van der Waals surface area contributed by atoms with Crippen molar-refractivity contribution in [3.05, 3.63) is 29.6 Å². The number of nitrogens with two attached hydrogens (primary N) is 1. The van der Waals surface area contributed by atoms with Crippen molar-refractivity contribution in [2.75, 3.05) is 7.11 Å². The molecule has 1 saturated carbocycles. The summed E-state index contributed by atoms with van der Waals surface area (Å²) in [4.78, 5) is 0. The molecule has 0 saturated heterocycles. The fraction of sp³-hybridized carbons (Fsp3) is 0.538. The zero-order valence-electron chi connectivity index (χ0n) is 10.1. The number of hydrogen-bond donors (Lipinski definition) is 2. The minimum Gasteiger partial charge on any atom is -0.494 e. The average Bonchev–Trinajstić information content (AvgIpc) is 3.14. The summed E-state index contributed by atoms with van der Waals surface area (Å²) >= 11 is 0. The van der Waals surface area contributed by atoms with Crippen molar-refractivity contribution in [2.24, 2.45) is 11.8 Å². The summed E-state index contributed by atoms with van der Waals surface area (Å²) in [6, 6.07) is 5.03. The van der Waals surface area contributed by atoms with Gasteiger partial charge in [0.25, 0.3) is 0 Å². The quantitative estimate of drug-likeness (QED) is 0.591. The van der Waals surface area contributed by atoms with Gasteiger partial charge in [-0.25, -0.2) is 4.39 Å². The van der Waals surface area contributed by atoms with E-state index in [1.165, 1.54) is 26.0 Å². The molecule has 0 aromatic heterocycles. The van der Waals surface area contributed by atoms with Gasteiger partial charge in [-0.05, 0) is 36.5 Å². The van der Waals surface area contributed by atoms with Crippen molar-refractivity contribution in [1.29, 1.82) is 0 Å². The van der Waals surface area contributed by atoms with E-state index in [1.54, 1.807) is 6.07 Å². The number of methoxy groups -OCH3 is 1. The molecule has 3 nitrogen and oxygen atoms in total. The molecule has 1 atom stereocenters. The Morgan fingerprint density at radius 3 is 2.82 bits per heavy atom. The van der Waals surface area contributed by atoms with Gasteiger partial charge in [0.2, 0.25) is 0 Å². The minimum absolute atomic E-state index is 0.0241. The van der Waals surface area contributed by atoms with Crippen molar-refractivity contribution in [1.82, 2.24) is 5.43 Å². The van der Waals surface area contributed by atoms with Crippen LogP contribution in [0.5, 0.6) is 5.75 Å². The minimum atomic E-state index is -0.336. The molecule has 4 heteroatoms. The Balaban J connectivity index is 2.03. The number of hydrazine groups is 1. The van der Waals surface area contributed by atoms with Crippen molar-refractivity contribution >= 4 is 0 Å². The number of hydrogen-bond acceptors (Lipinski definition) is 3. The van der Waals surface area contributed by atoms with E-state index in [1.807, 2.05) is 6.07 Å². The van der Waals surface area contributed by atoms with E-state index >= 15 is 0 Å². The average molecular weight is 238 g/mol. The Morgan fingerprint density at radius 2 is 2.29 bits per heavy atom. The fourth-order valence-corrected chi connectivity index (χ4v) is 2.05. The van der Waals surface area contributed by atoms with Crippen LogP contribution in [0.25, 0.3) is 0 Å². The van der Waals surface area contributed by atoms with Crippen LogP contribution in [0.4, 0.5) is 4.39 Å². The van der Waals surface area contributed by atoms with Gasteiger partial charge in [0.15, 0.2) is 11.6 Å². The lowest BCUT2D eigenvalue weighted by molar-refractivity contribution is 0.384. The smallest absolute Gasteiger partial charge is 0.165 e. The molecular weight excluding hydrogens is 219 g/mol. The summed E-state index contributed by atoms with van der Waals surface area (Å²) in [5.74, 6) is 6.32. The Labute approximate surface area is 101 Å². The van der Waals surface area contributed by atoms with Crippen molar-refractivity contribution < 1.29 is 9.13 Å². The van der Waals surface area contributed by atoms with Gasteiger partial charge in [0.05, 0.1) is 7.11 Å². The SMILES string of the molecule is COc1ccc(C(CCC2CC2)NN)cc1F. The molecule has 1 aromatic carbocycles. The lowest BCUT2D eigenvalue weighted by Crippen LogP contribution is -2.28. The number of rotatable bonds is 6. The van der Waals surface area contributed by atoms with E-state index in [9.17, 15) is 4.39 Å². The molecule has 3 N–H and O–H groups in total. The van der Waals surface area contributed by atoms with E-state index in [2.05, 4.69) is 5.43 Å². The molecule has 1 unspecified atom stereocenters. The third kappa shape index (κ3) is 3.17. The van der Waals surface area contributed by atoms with Crippen LogP contribution in [-0.2, 0) is 0 Å². The highest BCUT2D eigenvalue weighted by Gasteiger charge is 2.23. The van der Waals surface area contributed by atoms with Crippen LogP contribution in [0.1, 0.15) is 37.3 Å². The molecular formula is C13H19FN2O. The summed E-state index contributed by atoms with van der Waals surface area (Å²) < 4.78 is 18.5. The maximum absolute atomic E-state index is 13.6. The molecule has 0 spiro atoms. The van der Waals surface area contributed by atoms with Crippen LogP contribution in [0.3, 0.4) is 0 Å². The standard InChI is InChI=1S/C13H19FN2O/c1-17-13-7-5-10(8-11(13)14)12(16-15)6-4-9-2-3-9/h5,7-9,12,16H,2-4,6,15H2,1H3. The van der Waals surface area contributed by atoms with E-state index in [0.717, 1.165) is 24.3 Å². The first kappa shape index (κ1) is 12.3. The van der Waals surface area contributed by atoms with Crippen LogP contribution in [-0.4, -0.2) is 7.11 Å². The number of benzene rings is 1. The number of halogens is 1. The van der Waals surface area contributed by atoms with Crippen LogP contribution in [0, 0.1) is 11.7 Å². The highest BCUT2D eigenvalue weighted by Crippen LogP contribution is 2.36. The van der Waals surface area contributed by atoms with Crippen molar-refractivity contribution in [3.63, 3.8) is 0 Å². The first-order chi connectivity index (χ1) is 8.24. The Kier molecular flexibility index (Phi) is 3.97. The van der Waals surface area contributed by atoms with E-state index in [4.69, 9.17) is 10.6 Å². The molecule has 0 radical (unpaired) electrons. The van der Waals surface area contributed by atoms with Crippen LogP contribution in [0.15, 0.2) is 18.2 Å². The van der Waals surface area contributed by atoms with Gasteiger partial charge in [-0.15, -0.1) is 0 Å². The summed E-state index contributed by atoms with van der Waals surface area (Å²) in [6.07, 6.45) is 4.76. The molecule has 0 heterocycles. The van der Waals surface area contributed by atoms with Gasteiger partial charge < -0.3 is 4.74 Å². The fourth-order valence-electron chi connectivity index (χ4n) is 2.05. The molecule has 0 bridgehead atoms. The molecule has 1 aliphatic rings. The predicted octanol–water partition coefficient (Wildman–Crippen LogP) is 2.53. The van der Waals surface area contributed by atoms with Crippen LogP contribution in [0.2, 0.25) is 0 Å². The van der Waals surface area contributed by atoms with Crippen LogP contribution < -0.4 is 16.0 Å². The normalized spacial score (nSPS) is 16.9. The predicted molar refractivity (Wildman–Crippen MR) is 65.0 cm³/mol. The second-order valence-electron chi connectivity index (χ2n) is 4.63. The zero-order valence-corrected chi connectivity index (χ0v) is 10.1. The summed E-state index contributed by atoms with van der Waals surface area (Å²) in [6.45, 7) is 0. The molecule has 17 heavy (non-hydrogen) atoms. The Hall–Kier alpha value is -1.13. The maximum atomic E-state index is 13.6. The topological polar surface area (TPSA) is 47.3 Å². The summed E-state index contributed by atoms with van der Waals surface area (Å²) in [5, 5.41) is 0. The lowest BCUT2D eigenvalue weighted by Gasteiger charge is -2.16.